The second-order valence-corrected chi connectivity index (χ2v) is 5.32. The molecule has 3 N–H and O–H groups in total. The lowest BCUT2D eigenvalue weighted by atomic mass is 9.71. The number of nitrogens with two attached hydrogens (primary N) is 1. The summed E-state index contributed by atoms with van der Waals surface area (Å²) in [6.07, 6.45) is 5.20. The zero-order chi connectivity index (χ0) is 12.6. The Morgan fingerprint density at radius 2 is 2.29 bits per heavy atom. The predicted molar refractivity (Wildman–Crippen MR) is 72.7 cm³/mol. The third-order valence-electron chi connectivity index (χ3n) is 3.51. The van der Waals surface area contributed by atoms with Gasteiger partial charge in [0, 0.05) is 29.5 Å². The van der Waals surface area contributed by atoms with Gasteiger partial charge in [0.05, 0.1) is 11.1 Å². The molecule has 0 fully saturated rings. The van der Waals surface area contributed by atoms with E-state index in [0.717, 1.165) is 28.4 Å². The lowest BCUT2D eigenvalue weighted by molar-refractivity contribution is 0.551. The average Bonchev–Trinajstić information content (AvgIpc) is 2.33. The molecule has 1 aliphatic carbocycles. The van der Waals surface area contributed by atoms with Crippen molar-refractivity contribution in [2.24, 2.45) is 16.1 Å². The Hall–Kier alpha value is -1.23. The Morgan fingerprint density at radius 1 is 1.59 bits per heavy atom. The van der Waals surface area contributed by atoms with Gasteiger partial charge in [-0.3, -0.25) is 9.98 Å². The molecule has 0 radical (unpaired) electrons. The Kier molecular flexibility index (Phi) is 3.03. The van der Waals surface area contributed by atoms with E-state index < -0.39 is 5.41 Å². The molecule has 1 aliphatic rings. The van der Waals surface area contributed by atoms with Crippen LogP contribution in [-0.2, 0) is 6.42 Å². The van der Waals surface area contributed by atoms with Crippen LogP contribution in [0.15, 0.2) is 21.9 Å². The first kappa shape index (κ1) is 12.2. The molecule has 5 heteroatoms. The van der Waals surface area contributed by atoms with E-state index in [9.17, 15) is 0 Å². The fraction of sp³-hybridized carbons (Fsp3) is 0.417. The zero-order valence-corrected chi connectivity index (χ0v) is 11.5. The van der Waals surface area contributed by atoms with Crippen LogP contribution in [0, 0.1) is 10.8 Å². The molecule has 0 aliphatic heterocycles. The first-order chi connectivity index (χ1) is 8.00. The van der Waals surface area contributed by atoms with Crippen LogP contribution < -0.4 is 5.73 Å². The molecule has 0 aromatic carbocycles. The van der Waals surface area contributed by atoms with Gasteiger partial charge in [-0.15, -0.1) is 0 Å². The number of nitrogens with zero attached hydrogens (tertiary/aromatic N) is 2. The van der Waals surface area contributed by atoms with Crippen molar-refractivity contribution in [1.29, 1.82) is 5.41 Å². The first-order valence-corrected chi connectivity index (χ1v) is 6.24. The Balaban J connectivity index is 2.54. The lowest BCUT2D eigenvalue weighted by Gasteiger charge is -2.35. The van der Waals surface area contributed by atoms with Gasteiger partial charge in [0.2, 0.25) is 0 Å². The fourth-order valence-electron chi connectivity index (χ4n) is 2.23. The summed E-state index contributed by atoms with van der Waals surface area (Å²) >= 11 is 3.48. The number of fused-ring (bicyclic) bond motifs is 1. The number of nitrogens with one attached hydrogen (secondary N) is 1. The quantitative estimate of drug-likeness (QED) is 0.615. The summed E-state index contributed by atoms with van der Waals surface area (Å²) in [5.41, 5.74) is 8.01. The molecule has 90 valence electrons. The highest BCUT2D eigenvalue weighted by molar-refractivity contribution is 9.10. The smallest absolute Gasteiger partial charge is 0.105 e. The van der Waals surface area contributed by atoms with Gasteiger partial charge in [-0.25, -0.2) is 0 Å². The molecular weight excluding hydrogens is 280 g/mol. The normalized spacial score (nSPS) is 24.6. The lowest BCUT2D eigenvalue weighted by Crippen LogP contribution is -2.44. The second kappa shape index (κ2) is 4.22. The minimum Gasteiger partial charge on any atom is -0.387 e. The third kappa shape index (κ3) is 1.78. The molecule has 0 amide bonds. The van der Waals surface area contributed by atoms with E-state index in [2.05, 4.69) is 25.9 Å². The minimum atomic E-state index is -0.468. The maximum Gasteiger partial charge on any atom is 0.105 e. The SMILES string of the molecule is CN=C(N)C1(C)CCc2c(Br)cncc2C1=N. The fourth-order valence-corrected chi connectivity index (χ4v) is 2.76. The van der Waals surface area contributed by atoms with E-state index in [1.165, 1.54) is 0 Å². The summed E-state index contributed by atoms with van der Waals surface area (Å²) in [6, 6.07) is 0. The van der Waals surface area contributed by atoms with Crippen LogP contribution >= 0.6 is 15.9 Å². The van der Waals surface area contributed by atoms with Gasteiger partial charge in [-0.1, -0.05) is 0 Å². The monoisotopic (exact) mass is 294 g/mol. The van der Waals surface area contributed by atoms with Gasteiger partial charge in [0.15, 0.2) is 0 Å². The molecule has 1 aromatic heterocycles. The van der Waals surface area contributed by atoms with E-state index in [4.69, 9.17) is 11.1 Å². The maximum absolute atomic E-state index is 8.33. The van der Waals surface area contributed by atoms with Crippen LogP contribution in [0.25, 0.3) is 0 Å². The van der Waals surface area contributed by atoms with Crippen LogP contribution in [0.1, 0.15) is 24.5 Å². The number of pyridine rings is 1. The van der Waals surface area contributed by atoms with Gasteiger partial charge in [-0.05, 0) is 41.3 Å². The van der Waals surface area contributed by atoms with Gasteiger partial charge in [-0.2, -0.15) is 0 Å². The van der Waals surface area contributed by atoms with E-state index >= 15 is 0 Å². The van der Waals surface area contributed by atoms with Crippen molar-refractivity contribution >= 4 is 27.5 Å². The van der Waals surface area contributed by atoms with Crippen LogP contribution in [0.3, 0.4) is 0 Å². The zero-order valence-electron chi connectivity index (χ0n) is 9.92. The molecule has 0 saturated heterocycles. The summed E-state index contributed by atoms with van der Waals surface area (Å²) in [6.45, 7) is 1.97. The molecule has 0 bridgehead atoms. The minimum absolute atomic E-state index is 0.468. The molecular formula is C12H15BrN4. The van der Waals surface area contributed by atoms with Crippen molar-refractivity contribution in [3.8, 4) is 0 Å². The summed E-state index contributed by atoms with van der Waals surface area (Å²) in [7, 11) is 1.67. The molecule has 0 saturated carbocycles. The average molecular weight is 295 g/mol. The highest BCUT2D eigenvalue weighted by Gasteiger charge is 2.39. The predicted octanol–water partition coefficient (Wildman–Crippen LogP) is 2.15. The summed E-state index contributed by atoms with van der Waals surface area (Å²) in [5, 5.41) is 8.33. The molecule has 1 aromatic rings. The topological polar surface area (TPSA) is 75.1 Å². The van der Waals surface area contributed by atoms with Crippen molar-refractivity contribution in [3.63, 3.8) is 0 Å². The van der Waals surface area contributed by atoms with Gasteiger partial charge in [0.25, 0.3) is 0 Å². The maximum atomic E-state index is 8.33. The van der Waals surface area contributed by atoms with Gasteiger partial charge in [0.1, 0.15) is 5.84 Å². The molecule has 17 heavy (non-hydrogen) atoms. The highest BCUT2D eigenvalue weighted by atomic mass is 79.9. The molecule has 1 atom stereocenters. The number of hydrogen-bond donors (Lipinski definition) is 2. The van der Waals surface area contributed by atoms with Crippen molar-refractivity contribution in [1.82, 2.24) is 4.98 Å². The number of amidine groups is 1. The molecule has 4 nitrogen and oxygen atoms in total. The number of hydrogen-bond acceptors (Lipinski definition) is 3. The van der Waals surface area contributed by atoms with Crippen molar-refractivity contribution in [3.05, 3.63) is 28.0 Å². The highest BCUT2D eigenvalue weighted by Crippen LogP contribution is 2.37. The number of aromatic nitrogens is 1. The molecule has 1 heterocycles. The van der Waals surface area contributed by atoms with E-state index in [0.29, 0.717) is 11.5 Å². The summed E-state index contributed by atoms with van der Waals surface area (Å²) in [5.74, 6) is 0.521. The standard InChI is InChI=1S/C12H15BrN4/c1-12(11(15)16-2)4-3-7-8(10(12)14)5-17-6-9(7)13/h5-6,14H,3-4H2,1-2H3,(H2,15,16). The number of halogens is 1. The van der Waals surface area contributed by atoms with Crippen LogP contribution in [0.5, 0.6) is 0 Å². The van der Waals surface area contributed by atoms with E-state index in [-0.39, 0.29) is 0 Å². The van der Waals surface area contributed by atoms with E-state index in [1.54, 1.807) is 19.4 Å². The van der Waals surface area contributed by atoms with Gasteiger partial charge >= 0.3 is 0 Å². The second-order valence-electron chi connectivity index (χ2n) is 4.46. The Bertz CT molecular complexity index is 509. The molecule has 0 spiro atoms. The first-order valence-electron chi connectivity index (χ1n) is 5.45. The van der Waals surface area contributed by atoms with Crippen molar-refractivity contribution in [2.45, 2.75) is 19.8 Å². The summed E-state index contributed by atoms with van der Waals surface area (Å²) in [4.78, 5) is 8.18. The molecule has 1 unspecified atom stereocenters. The van der Waals surface area contributed by atoms with Gasteiger partial charge < -0.3 is 11.1 Å². The number of aliphatic imine (C=N–C) groups is 1. The Morgan fingerprint density at radius 3 is 2.94 bits per heavy atom. The van der Waals surface area contributed by atoms with Crippen LogP contribution in [0.2, 0.25) is 0 Å². The molecule has 2 rings (SSSR count). The largest absolute Gasteiger partial charge is 0.387 e. The van der Waals surface area contributed by atoms with Crippen LogP contribution in [0.4, 0.5) is 0 Å². The third-order valence-corrected chi connectivity index (χ3v) is 4.19. The van der Waals surface area contributed by atoms with E-state index in [1.807, 2.05) is 6.92 Å². The van der Waals surface area contributed by atoms with Crippen molar-refractivity contribution < 1.29 is 0 Å². The van der Waals surface area contributed by atoms with Crippen LogP contribution in [-0.4, -0.2) is 23.6 Å². The van der Waals surface area contributed by atoms with Crippen molar-refractivity contribution in [2.75, 3.05) is 7.05 Å². The Labute approximate surface area is 109 Å². The number of rotatable bonds is 1. The summed E-state index contributed by atoms with van der Waals surface area (Å²) < 4.78 is 0.966.